The summed E-state index contributed by atoms with van der Waals surface area (Å²) >= 11 is 0. The van der Waals surface area contributed by atoms with Crippen molar-refractivity contribution in [2.75, 3.05) is 14.2 Å². The number of carbonyl (C=O) groups is 2. The number of furan rings is 1. The van der Waals surface area contributed by atoms with E-state index in [4.69, 9.17) is 13.9 Å². The number of rotatable bonds is 7. The number of hydrogen-bond acceptors (Lipinski definition) is 5. The molecule has 2 aromatic rings. The molecule has 1 atom stereocenters. The molecule has 0 aliphatic carbocycles. The van der Waals surface area contributed by atoms with Crippen LogP contribution >= 0.6 is 0 Å². The van der Waals surface area contributed by atoms with Gasteiger partial charge >= 0.3 is 5.97 Å². The van der Waals surface area contributed by atoms with Crippen LogP contribution in [0.4, 0.5) is 0 Å². The average molecular weight is 333 g/mol. The number of amides is 1. The lowest BCUT2D eigenvalue weighted by Crippen LogP contribution is -2.43. The zero-order valence-electron chi connectivity index (χ0n) is 14.4. The maximum atomic E-state index is 12.3. The van der Waals surface area contributed by atoms with E-state index < -0.39 is 12.0 Å². The molecule has 0 aliphatic heterocycles. The average Bonchev–Trinajstić information content (AvgIpc) is 2.94. The molecule has 1 heterocycles. The third kappa shape index (κ3) is 4.28. The molecule has 1 aromatic carbocycles. The highest BCUT2D eigenvalue weighted by molar-refractivity contribution is 5.90. The number of ether oxygens (including phenoxy) is 2. The molecule has 0 bridgehead atoms. The fourth-order valence-corrected chi connectivity index (χ4v) is 2.57. The van der Waals surface area contributed by atoms with E-state index in [0.717, 1.165) is 10.9 Å². The number of benzene rings is 1. The van der Waals surface area contributed by atoms with Gasteiger partial charge in [0.15, 0.2) is 0 Å². The van der Waals surface area contributed by atoms with Gasteiger partial charge in [-0.2, -0.15) is 0 Å². The molecule has 1 unspecified atom stereocenters. The topological polar surface area (TPSA) is 77.8 Å². The summed E-state index contributed by atoms with van der Waals surface area (Å²) in [4.78, 5) is 24.1. The van der Waals surface area contributed by atoms with Gasteiger partial charge in [-0.1, -0.05) is 13.8 Å². The summed E-state index contributed by atoms with van der Waals surface area (Å²) in [5.41, 5.74) is 1.42. The first-order valence-corrected chi connectivity index (χ1v) is 7.86. The molecule has 130 valence electrons. The summed E-state index contributed by atoms with van der Waals surface area (Å²) in [5, 5.41) is 3.60. The molecule has 6 nitrogen and oxygen atoms in total. The molecule has 0 aliphatic rings. The molecular weight excluding hydrogens is 310 g/mol. The van der Waals surface area contributed by atoms with Gasteiger partial charge in [-0.05, 0) is 24.5 Å². The van der Waals surface area contributed by atoms with Gasteiger partial charge in [0.05, 0.1) is 26.9 Å². The van der Waals surface area contributed by atoms with E-state index in [-0.39, 0.29) is 18.2 Å². The summed E-state index contributed by atoms with van der Waals surface area (Å²) in [6.45, 7) is 3.97. The molecule has 0 fully saturated rings. The predicted molar refractivity (Wildman–Crippen MR) is 89.9 cm³/mol. The lowest BCUT2D eigenvalue weighted by molar-refractivity contribution is -0.145. The summed E-state index contributed by atoms with van der Waals surface area (Å²) in [6.07, 6.45) is 2.21. The molecule has 0 saturated carbocycles. The second-order valence-electron chi connectivity index (χ2n) is 6.07. The number of nitrogens with one attached hydrogen (secondary N) is 1. The summed E-state index contributed by atoms with van der Waals surface area (Å²) < 4.78 is 15.4. The fourth-order valence-electron chi connectivity index (χ4n) is 2.57. The SMILES string of the molecule is COC(=O)C(CC(C)C)NC(=O)Cc1coc2cc(OC)ccc12. The van der Waals surface area contributed by atoms with Gasteiger partial charge in [-0.3, -0.25) is 4.79 Å². The van der Waals surface area contributed by atoms with Crippen LogP contribution in [-0.4, -0.2) is 32.1 Å². The minimum absolute atomic E-state index is 0.130. The van der Waals surface area contributed by atoms with Crippen LogP contribution in [0.2, 0.25) is 0 Å². The van der Waals surface area contributed by atoms with E-state index in [1.165, 1.54) is 7.11 Å². The van der Waals surface area contributed by atoms with E-state index in [9.17, 15) is 9.59 Å². The van der Waals surface area contributed by atoms with Crippen molar-refractivity contribution in [3.05, 3.63) is 30.0 Å². The number of methoxy groups -OCH3 is 2. The van der Waals surface area contributed by atoms with Crippen molar-refractivity contribution in [3.8, 4) is 5.75 Å². The number of carbonyl (C=O) groups excluding carboxylic acids is 2. The minimum Gasteiger partial charge on any atom is -0.497 e. The number of fused-ring (bicyclic) bond motifs is 1. The van der Waals surface area contributed by atoms with E-state index in [1.54, 1.807) is 19.4 Å². The molecule has 24 heavy (non-hydrogen) atoms. The minimum atomic E-state index is -0.638. The van der Waals surface area contributed by atoms with Gasteiger partial charge in [0.2, 0.25) is 5.91 Å². The first-order chi connectivity index (χ1) is 11.4. The Morgan fingerprint density at radius 2 is 2.00 bits per heavy atom. The normalized spacial score (nSPS) is 12.2. The zero-order chi connectivity index (χ0) is 17.7. The van der Waals surface area contributed by atoms with Crippen LogP contribution in [0.15, 0.2) is 28.9 Å². The van der Waals surface area contributed by atoms with Crippen molar-refractivity contribution in [1.29, 1.82) is 0 Å². The lowest BCUT2D eigenvalue weighted by atomic mass is 10.0. The van der Waals surface area contributed by atoms with E-state index in [0.29, 0.717) is 17.8 Å². The van der Waals surface area contributed by atoms with E-state index in [2.05, 4.69) is 5.32 Å². The molecular formula is C18H23NO5. The second kappa shape index (κ2) is 7.86. The molecule has 0 saturated heterocycles. The highest BCUT2D eigenvalue weighted by Gasteiger charge is 2.23. The molecule has 1 N–H and O–H groups in total. The van der Waals surface area contributed by atoms with Crippen LogP contribution in [0, 0.1) is 5.92 Å². The van der Waals surface area contributed by atoms with Gasteiger partial charge in [-0.15, -0.1) is 0 Å². The molecule has 1 aromatic heterocycles. The lowest BCUT2D eigenvalue weighted by Gasteiger charge is -2.18. The van der Waals surface area contributed by atoms with Crippen molar-refractivity contribution in [3.63, 3.8) is 0 Å². The quantitative estimate of drug-likeness (QED) is 0.788. The molecule has 1 amide bonds. The molecule has 0 spiro atoms. The van der Waals surface area contributed by atoms with E-state index >= 15 is 0 Å². The molecule has 6 heteroatoms. The van der Waals surface area contributed by atoms with Crippen LogP contribution in [0.25, 0.3) is 11.0 Å². The van der Waals surface area contributed by atoms with Crippen molar-refractivity contribution in [2.24, 2.45) is 5.92 Å². The Kier molecular flexibility index (Phi) is 5.84. The predicted octanol–water partition coefficient (Wildman–Crippen LogP) is 2.69. The van der Waals surface area contributed by atoms with Gasteiger partial charge in [0.25, 0.3) is 0 Å². The van der Waals surface area contributed by atoms with Gasteiger partial charge in [0, 0.05) is 17.0 Å². The van der Waals surface area contributed by atoms with Gasteiger partial charge in [-0.25, -0.2) is 4.79 Å². The van der Waals surface area contributed by atoms with Crippen molar-refractivity contribution < 1.29 is 23.5 Å². The van der Waals surface area contributed by atoms with Crippen molar-refractivity contribution in [1.82, 2.24) is 5.32 Å². The maximum absolute atomic E-state index is 12.3. The first kappa shape index (κ1) is 17.8. The Hall–Kier alpha value is -2.50. The van der Waals surface area contributed by atoms with Crippen molar-refractivity contribution >= 4 is 22.8 Å². The Balaban J connectivity index is 2.09. The van der Waals surface area contributed by atoms with E-state index in [1.807, 2.05) is 26.0 Å². The van der Waals surface area contributed by atoms with Crippen LogP contribution in [0.3, 0.4) is 0 Å². The maximum Gasteiger partial charge on any atom is 0.328 e. The summed E-state index contributed by atoms with van der Waals surface area (Å²) in [5.74, 6) is 0.274. The zero-order valence-corrected chi connectivity index (χ0v) is 14.4. The fraction of sp³-hybridized carbons (Fsp3) is 0.444. The highest BCUT2D eigenvalue weighted by atomic mass is 16.5. The number of hydrogen-bond donors (Lipinski definition) is 1. The standard InChI is InChI=1S/C18H23NO5/c1-11(2)7-15(18(21)23-4)19-17(20)8-12-10-24-16-9-13(22-3)5-6-14(12)16/h5-6,9-11,15H,7-8H2,1-4H3,(H,19,20). The van der Waals surface area contributed by atoms with Gasteiger partial charge in [0.1, 0.15) is 17.4 Å². The largest absolute Gasteiger partial charge is 0.497 e. The van der Waals surface area contributed by atoms with Crippen LogP contribution in [0.5, 0.6) is 5.75 Å². The Morgan fingerprint density at radius 1 is 1.25 bits per heavy atom. The third-order valence-electron chi connectivity index (χ3n) is 3.74. The Labute approximate surface area is 141 Å². The second-order valence-corrected chi connectivity index (χ2v) is 6.07. The Morgan fingerprint density at radius 3 is 2.62 bits per heavy atom. The highest BCUT2D eigenvalue weighted by Crippen LogP contribution is 2.25. The third-order valence-corrected chi connectivity index (χ3v) is 3.74. The molecule has 2 rings (SSSR count). The van der Waals surface area contributed by atoms with Crippen LogP contribution < -0.4 is 10.1 Å². The molecule has 0 radical (unpaired) electrons. The monoisotopic (exact) mass is 333 g/mol. The van der Waals surface area contributed by atoms with Crippen LogP contribution in [-0.2, 0) is 20.7 Å². The van der Waals surface area contributed by atoms with Crippen LogP contribution in [0.1, 0.15) is 25.8 Å². The summed E-state index contributed by atoms with van der Waals surface area (Å²) in [6, 6.07) is 4.80. The smallest absolute Gasteiger partial charge is 0.328 e. The van der Waals surface area contributed by atoms with Gasteiger partial charge < -0.3 is 19.2 Å². The first-order valence-electron chi connectivity index (χ1n) is 7.86. The number of esters is 1. The summed E-state index contributed by atoms with van der Waals surface area (Å²) in [7, 11) is 2.90. The Bertz CT molecular complexity index is 719. The van der Waals surface area contributed by atoms with Crippen molar-refractivity contribution in [2.45, 2.75) is 32.7 Å².